The van der Waals surface area contributed by atoms with E-state index in [1.165, 1.54) is 18.4 Å². The van der Waals surface area contributed by atoms with E-state index in [1.54, 1.807) is 0 Å². The Bertz CT molecular complexity index is 388. The van der Waals surface area contributed by atoms with Crippen LogP contribution in [0.5, 0.6) is 5.75 Å². The second-order valence-electron chi connectivity index (χ2n) is 5.89. The Hall–Kier alpha value is -1.02. The van der Waals surface area contributed by atoms with Gasteiger partial charge in [0.1, 0.15) is 11.9 Å². The number of ether oxygens (including phenoxy) is 1. The molecule has 0 amide bonds. The molecule has 0 spiro atoms. The van der Waals surface area contributed by atoms with Crippen molar-refractivity contribution in [2.45, 2.75) is 38.7 Å². The molecule has 1 heterocycles. The van der Waals surface area contributed by atoms with Crippen LogP contribution < -0.4 is 10.5 Å². The number of para-hydroxylation sites is 1. The molecule has 2 heteroatoms. The Morgan fingerprint density at radius 2 is 2.12 bits per heavy atom. The van der Waals surface area contributed by atoms with E-state index < -0.39 is 0 Å². The molecular weight excluding hydrogens is 210 g/mol. The molecule has 1 aromatic carbocycles. The van der Waals surface area contributed by atoms with Gasteiger partial charge in [0.25, 0.3) is 0 Å². The predicted octanol–water partition coefficient (Wildman–Crippen LogP) is 2.76. The highest BCUT2D eigenvalue weighted by Gasteiger charge is 2.43. The molecule has 1 aliphatic carbocycles. The van der Waals surface area contributed by atoms with Gasteiger partial charge in [-0.3, -0.25) is 0 Å². The van der Waals surface area contributed by atoms with Gasteiger partial charge in [-0.1, -0.05) is 25.1 Å². The fourth-order valence-corrected chi connectivity index (χ4v) is 3.08. The van der Waals surface area contributed by atoms with E-state index in [2.05, 4.69) is 25.1 Å². The molecule has 92 valence electrons. The van der Waals surface area contributed by atoms with E-state index in [0.29, 0.717) is 6.10 Å². The summed E-state index contributed by atoms with van der Waals surface area (Å²) in [5.74, 6) is 1.91. The van der Waals surface area contributed by atoms with Crippen molar-refractivity contribution in [3.05, 3.63) is 29.8 Å². The molecule has 1 aliphatic heterocycles. The molecule has 2 unspecified atom stereocenters. The van der Waals surface area contributed by atoms with E-state index in [1.807, 2.05) is 6.07 Å². The van der Waals surface area contributed by atoms with Crippen LogP contribution in [-0.4, -0.2) is 12.6 Å². The fraction of sp³-hybridized carbons (Fsp3) is 0.600. The monoisotopic (exact) mass is 231 g/mol. The molecule has 0 saturated heterocycles. The second-order valence-corrected chi connectivity index (χ2v) is 5.89. The lowest BCUT2D eigenvalue weighted by Crippen LogP contribution is -2.35. The van der Waals surface area contributed by atoms with Crippen LogP contribution in [0.3, 0.4) is 0 Å². The van der Waals surface area contributed by atoms with E-state index in [-0.39, 0.29) is 5.41 Å². The van der Waals surface area contributed by atoms with E-state index in [0.717, 1.165) is 31.1 Å². The van der Waals surface area contributed by atoms with Crippen LogP contribution in [0.4, 0.5) is 0 Å². The molecule has 2 nitrogen and oxygen atoms in total. The molecule has 2 aliphatic rings. The molecule has 3 rings (SSSR count). The lowest BCUT2D eigenvalue weighted by Gasteiger charge is -2.30. The number of hydrogen-bond donors (Lipinski definition) is 1. The summed E-state index contributed by atoms with van der Waals surface area (Å²) in [7, 11) is 0. The molecule has 1 saturated carbocycles. The zero-order chi connectivity index (χ0) is 11.9. The average Bonchev–Trinajstić information content (AvgIpc) is 3.11. The lowest BCUT2D eigenvalue weighted by molar-refractivity contribution is 0.134. The third-order valence-corrected chi connectivity index (χ3v) is 4.44. The summed E-state index contributed by atoms with van der Waals surface area (Å²) < 4.78 is 6.03. The van der Waals surface area contributed by atoms with Crippen LogP contribution in [0.2, 0.25) is 0 Å². The summed E-state index contributed by atoms with van der Waals surface area (Å²) in [6.07, 6.45) is 5.20. The van der Waals surface area contributed by atoms with Crippen molar-refractivity contribution in [2.75, 3.05) is 6.54 Å². The number of benzene rings is 1. The van der Waals surface area contributed by atoms with Gasteiger partial charge in [0.05, 0.1) is 0 Å². The van der Waals surface area contributed by atoms with Crippen molar-refractivity contribution >= 4 is 0 Å². The highest BCUT2D eigenvalue weighted by Crippen LogP contribution is 2.48. The van der Waals surface area contributed by atoms with Crippen LogP contribution in [-0.2, 0) is 6.42 Å². The SMILES string of the molecule is CC(CN)(CC1Cc2ccccc2O1)C1CC1. The van der Waals surface area contributed by atoms with Crippen LogP contribution in [0.15, 0.2) is 24.3 Å². The van der Waals surface area contributed by atoms with Gasteiger partial charge in [0.2, 0.25) is 0 Å². The Morgan fingerprint density at radius 3 is 2.76 bits per heavy atom. The molecule has 0 aromatic heterocycles. The predicted molar refractivity (Wildman–Crippen MR) is 69.1 cm³/mol. The quantitative estimate of drug-likeness (QED) is 0.864. The van der Waals surface area contributed by atoms with E-state index in [9.17, 15) is 0 Å². The van der Waals surface area contributed by atoms with Crippen molar-refractivity contribution in [1.82, 2.24) is 0 Å². The highest BCUT2D eigenvalue weighted by atomic mass is 16.5. The van der Waals surface area contributed by atoms with Gasteiger partial charge < -0.3 is 10.5 Å². The van der Waals surface area contributed by atoms with Crippen LogP contribution in [0.25, 0.3) is 0 Å². The molecular formula is C15H21NO. The summed E-state index contributed by atoms with van der Waals surface area (Å²) in [6, 6.07) is 8.39. The molecule has 1 aromatic rings. The minimum absolute atomic E-state index is 0.284. The standard InChI is InChI=1S/C15H21NO/c1-15(10-16,12-6-7-12)9-13-8-11-4-2-3-5-14(11)17-13/h2-5,12-13H,6-10,16H2,1H3. The van der Waals surface area contributed by atoms with Crippen molar-refractivity contribution in [3.63, 3.8) is 0 Å². The lowest BCUT2D eigenvalue weighted by atomic mass is 9.79. The smallest absolute Gasteiger partial charge is 0.123 e. The van der Waals surface area contributed by atoms with Crippen molar-refractivity contribution in [1.29, 1.82) is 0 Å². The first-order chi connectivity index (χ1) is 8.21. The Labute approximate surface area is 103 Å². The first-order valence-corrected chi connectivity index (χ1v) is 6.66. The van der Waals surface area contributed by atoms with Gasteiger partial charge in [0.15, 0.2) is 0 Å². The third-order valence-electron chi connectivity index (χ3n) is 4.44. The van der Waals surface area contributed by atoms with Gasteiger partial charge in [0, 0.05) is 6.42 Å². The zero-order valence-corrected chi connectivity index (χ0v) is 10.5. The van der Waals surface area contributed by atoms with Gasteiger partial charge >= 0.3 is 0 Å². The topological polar surface area (TPSA) is 35.2 Å². The maximum Gasteiger partial charge on any atom is 0.123 e. The van der Waals surface area contributed by atoms with Crippen molar-refractivity contribution in [3.8, 4) is 5.75 Å². The van der Waals surface area contributed by atoms with Gasteiger partial charge in [-0.25, -0.2) is 0 Å². The average molecular weight is 231 g/mol. The molecule has 0 radical (unpaired) electrons. The molecule has 1 fully saturated rings. The number of rotatable bonds is 4. The minimum atomic E-state index is 0.284. The zero-order valence-electron chi connectivity index (χ0n) is 10.5. The van der Waals surface area contributed by atoms with Crippen molar-refractivity contribution in [2.24, 2.45) is 17.1 Å². The van der Waals surface area contributed by atoms with Gasteiger partial charge in [-0.2, -0.15) is 0 Å². The molecule has 17 heavy (non-hydrogen) atoms. The largest absolute Gasteiger partial charge is 0.490 e. The highest BCUT2D eigenvalue weighted by molar-refractivity contribution is 5.37. The molecule has 2 atom stereocenters. The summed E-state index contributed by atoms with van der Waals surface area (Å²) in [5, 5.41) is 0. The third kappa shape index (κ3) is 2.06. The van der Waals surface area contributed by atoms with E-state index >= 15 is 0 Å². The Morgan fingerprint density at radius 1 is 1.35 bits per heavy atom. The van der Waals surface area contributed by atoms with Crippen LogP contribution >= 0.6 is 0 Å². The Kier molecular flexibility index (Phi) is 2.62. The normalized spacial score (nSPS) is 26.1. The maximum atomic E-state index is 6.03. The van der Waals surface area contributed by atoms with Crippen molar-refractivity contribution < 1.29 is 4.74 Å². The Balaban J connectivity index is 1.68. The first kappa shape index (κ1) is 11.1. The fourth-order valence-electron chi connectivity index (χ4n) is 3.08. The molecule has 0 bridgehead atoms. The maximum absolute atomic E-state index is 6.03. The summed E-state index contributed by atoms with van der Waals surface area (Å²) in [5.41, 5.74) is 7.61. The van der Waals surface area contributed by atoms with Gasteiger partial charge in [-0.15, -0.1) is 0 Å². The number of hydrogen-bond acceptors (Lipinski definition) is 2. The summed E-state index contributed by atoms with van der Waals surface area (Å²) >= 11 is 0. The van der Waals surface area contributed by atoms with Gasteiger partial charge in [-0.05, 0) is 48.8 Å². The summed E-state index contributed by atoms with van der Waals surface area (Å²) in [4.78, 5) is 0. The van der Waals surface area contributed by atoms with E-state index in [4.69, 9.17) is 10.5 Å². The second kappa shape index (κ2) is 4.02. The van der Waals surface area contributed by atoms with Crippen LogP contribution in [0.1, 0.15) is 31.7 Å². The number of nitrogens with two attached hydrogens (primary N) is 1. The minimum Gasteiger partial charge on any atom is -0.490 e. The van der Waals surface area contributed by atoms with Crippen LogP contribution in [0, 0.1) is 11.3 Å². The summed E-state index contributed by atoms with van der Waals surface area (Å²) in [6.45, 7) is 3.12. The number of fused-ring (bicyclic) bond motifs is 1. The molecule has 2 N–H and O–H groups in total. The first-order valence-electron chi connectivity index (χ1n) is 6.66.